The van der Waals surface area contributed by atoms with Gasteiger partial charge in [0.1, 0.15) is 0 Å². The summed E-state index contributed by atoms with van der Waals surface area (Å²) in [5.41, 5.74) is 2.48. The van der Waals surface area contributed by atoms with Gasteiger partial charge in [0, 0.05) is 39.3 Å². The topological polar surface area (TPSA) is 9.34 Å². The molecule has 2 heterocycles. The second kappa shape index (κ2) is 4.54. The van der Waals surface area contributed by atoms with E-state index in [0.717, 1.165) is 0 Å². The van der Waals surface area contributed by atoms with Crippen molar-refractivity contribution in [1.82, 2.24) is 8.97 Å². The molecule has 2 rings (SSSR count). The molecule has 2 nitrogen and oxygen atoms in total. The van der Waals surface area contributed by atoms with Crippen LogP contribution in [0.4, 0.5) is 0 Å². The molecule has 0 fully saturated rings. The van der Waals surface area contributed by atoms with Gasteiger partial charge in [0.15, 0.2) is 17.5 Å². The van der Waals surface area contributed by atoms with Crippen LogP contribution in [-0.2, 0) is 27.2 Å². The van der Waals surface area contributed by atoms with E-state index in [4.69, 9.17) is 0 Å². The second-order valence-electron chi connectivity index (χ2n) is 3.10. The van der Waals surface area contributed by atoms with Crippen molar-refractivity contribution in [3.8, 4) is 0 Å². The van der Waals surface area contributed by atoms with E-state index < -0.39 is 0 Å². The summed E-state index contributed by atoms with van der Waals surface area (Å²) >= 11 is 0. The van der Waals surface area contributed by atoms with Gasteiger partial charge in [0.2, 0.25) is 0 Å². The van der Waals surface area contributed by atoms with Crippen LogP contribution in [0.15, 0.2) is 36.8 Å². The number of nitrogens with zero attached hydrogens (tertiary/aromatic N) is 2. The summed E-state index contributed by atoms with van der Waals surface area (Å²) in [6, 6.07) is 6.21. The van der Waals surface area contributed by atoms with Gasteiger partial charge in [-0.25, -0.2) is 4.57 Å². The van der Waals surface area contributed by atoms with E-state index in [1.165, 1.54) is 11.2 Å². The molecule has 0 N–H and O–H groups in total. The van der Waals surface area contributed by atoms with Crippen molar-refractivity contribution in [2.75, 3.05) is 0 Å². The molecule has 14 heavy (non-hydrogen) atoms. The van der Waals surface area contributed by atoms with E-state index in [1.54, 1.807) is 0 Å². The number of hydrogen-bond acceptors (Lipinski definition) is 0. The van der Waals surface area contributed by atoms with Gasteiger partial charge in [-0.05, 0) is 19.1 Å². The summed E-state index contributed by atoms with van der Waals surface area (Å²) < 4.78 is 4.24. The first-order chi connectivity index (χ1) is 6.33. The van der Waals surface area contributed by atoms with Crippen molar-refractivity contribution in [3.05, 3.63) is 42.5 Å². The summed E-state index contributed by atoms with van der Waals surface area (Å²) in [7, 11) is 2.06. The fourth-order valence-corrected chi connectivity index (χ4v) is 1.56. The van der Waals surface area contributed by atoms with E-state index in [0.29, 0.717) is 0 Å². The Morgan fingerprint density at radius 2 is 2.14 bits per heavy atom. The smallest absolute Gasteiger partial charge is 0.190 e. The Morgan fingerprint density at radius 1 is 1.36 bits per heavy atom. The van der Waals surface area contributed by atoms with Gasteiger partial charge in [0.05, 0.1) is 6.20 Å². The number of fused-ring (bicyclic) bond motifs is 1. The summed E-state index contributed by atoms with van der Waals surface area (Å²) in [5.74, 6) is 0. The Bertz CT molecular complexity index is 457. The Balaban J connectivity index is 0.000000980. The minimum absolute atomic E-state index is 0. The minimum atomic E-state index is 0. The summed E-state index contributed by atoms with van der Waals surface area (Å²) in [6.07, 6.45) is 8.31. The van der Waals surface area contributed by atoms with Crippen LogP contribution in [0.5, 0.6) is 0 Å². The number of hydrogen-bond donors (Lipinski definition) is 0. The van der Waals surface area contributed by atoms with Crippen LogP contribution < -0.4 is 0 Å². The van der Waals surface area contributed by atoms with Crippen molar-refractivity contribution < 1.29 is 20.1 Å². The van der Waals surface area contributed by atoms with Crippen molar-refractivity contribution in [2.24, 2.45) is 7.05 Å². The molecule has 0 aromatic carbocycles. The number of aryl methyl sites for hydroxylation is 1. The van der Waals surface area contributed by atoms with Gasteiger partial charge in [-0.3, -0.25) is 0 Å². The Kier molecular flexibility index (Phi) is 3.61. The van der Waals surface area contributed by atoms with Gasteiger partial charge in [-0.15, -0.1) is 0 Å². The molecular formula is C11H13IrN2+. The normalized spacial score (nSPS) is 10.7. The molecule has 75 valence electrons. The average Bonchev–Trinajstić information content (AvgIpc) is 2.44. The third-order valence-electron chi connectivity index (χ3n) is 2.15. The van der Waals surface area contributed by atoms with Crippen molar-refractivity contribution in [1.29, 1.82) is 0 Å². The van der Waals surface area contributed by atoms with Crippen molar-refractivity contribution >= 4 is 11.6 Å². The van der Waals surface area contributed by atoms with Crippen LogP contribution >= 0.6 is 0 Å². The number of allylic oxidation sites excluding steroid dienone is 1. The largest absolute Gasteiger partial charge is 0.248 e. The standard InChI is InChI=1S/C11H13N2.Ir/c1-3-6-10-11-7-4-5-8-13(11)9-12(10)2;/h3-9H,1-2H3;/q+1;/b6-3-;. The van der Waals surface area contributed by atoms with Gasteiger partial charge >= 0.3 is 0 Å². The first-order valence-electron chi connectivity index (χ1n) is 4.41. The molecule has 2 aromatic rings. The second-order valence-corrected chi connectivity index (χ2v) is 3.10. The molecule has 0 saturated heterocycles. The predicted octanol–water partition coefficient (Wildman–Crippen LogP) is 2.59. The van der Waals surface area contributed by atoms with Gasteiger partial charge in [-0.1, -0.05) is 6.08 Å². The molecule has 0 spiro atoms. The molecular weight excluding hydrogens is 352 g/mol. The summed E-state index contributed by atoms with van der Waals surface area (Å²) in [4.78, 5) is 0. The van der Waals surface area contributed by atoms with Crippen LogP contribution in [0.25, 0.3) is 11.6 Å². The molecule has 0 aliphatic carbocycles. The average molecular weight is 365 g/mol. The van der Waals surface area contributed by atoms with E-state index in [1.807, 2.05) is 13.0 Å². The molecule has 2 aromatic heterocycles. The molecule has 0 bridgehead atoms. The molecule has 1 radical (unpaired) electrons. The minimum Gasteiger partial charge on any atom is -0.248 e. The zero-order chi connectivity index (χ0) is 9.26. The quantitative estimate of drug-likeness (QED) is 0.688. The first kappa shape index (κ1) is 11.2. The predicted molar refractivity (Wildman–Crippen MR) is 55.5 cm³/mol. The van der Waals surface area contributed by atoms with E-state index >= 15 is 0 Å². The molecule has 0 atom stereocenters. The van der Waals surface area contributed by atoms with Crippen LogP contribution in [0.1, 0.15) is 12.6 Å². The summed E-state index contributed by atoms with van der Waals surface area (Å²) in [5, 5.41) is 0. The Hall–Kier alpha value is -0.921. The number of aromatic nitrogens is 2. The van der Waals surface area contributed by atoms with E-state index in [2.05, 4.69) is 52.8 Å². The van der Waals surface area contributed by atoms with Crippen LogP contribution in [0.2, 0.25) is 0 Å². The Labute approximate surface area is 97.2 Å². The number of imidazole rings is 1. The third-order valence-corrected chi connectivity index (χ3v) is 2.15. The maximum Gasteiger partial charge on any atom is 0.190 e. The third kappa shape index (κ3) is 1.79. The van der Waals surface area contributed by atoms with Gasteiger partial charge in [-0.2, -0.15) is 4.40 Å². The van der Waals surface area contributed by atoms with Crippen molar-refractivity contribution in [3.63, 3.8) is 0 Å². The zero-order valence-electron chi connectivity index (χ0n) is 8.27. The zero-order valence-corrected chi connectivity index (χ0v) is 10.7. The van der Waals surface area contributed by atoms with Gasteiger partial charge < -0.3 is 0 Å². The SMILES string of the molecule is C/C=C\c1c2ccccn2[cH+]n1C.[Ir]. The molecule has 3 heteroatoms. The maximum absolute atomic E-state index is 2.12. The molecule has 0 aliphatic heterocycles. The van der Waals surface area contributed by atoms with Crippen LogP contribution in [-0.4, -0.2) is 8.97 Å². The van der Waals surface area contributed by atoms with Crippen LogP contribution in [0.3, 0.4) is 0 Å². The fraction of sp³-hybridized carbons (Fsp3) is 0.182. The van der Waals surface area contributed by atoms with E-state index in [-0.39, 0.29) is 20.1 Å². The fourth-order valence-electron chi connectivity index (χ4n) is 1.56. The number of rotatable bonds is 1. The number of pyridine rings is 1. The first-order valence-corrected chi connectivity index (χ1v) is 4.41. The molecule has 0 saturated carbocycles. The Morgan fingerprint density at radius 3 is 2.86 bits per heavy atom. The molecule has 0 amide bonds. The monoisotopic (exact) mass is 366 g/mol. The molecule has 0 aliphatic rings. The van der Waals surface area contributed by atoms with Crippen LogP contribution in [0, 0.1) is 0 Å². The van der Waals surface area contributed by atoms with Crippen molar-refractivity contribution in [2.45, 2.75) is 6.92 Å². The maximum atomic E-state index is 2.12. The molecule has 0 unspecified atom stereocenters. The summed E-state index contributed by atoms with van der Waals surface area (Å²) in [6.45, 7) is 2.03. The van der Waals surface area contributed by atoms with E-state index in [9.17, 15) is 0 Å². The van der Waals surface area contributed by atoms with Gasteiger partial charge in [0.25, 0.3) is 0 Å².